The molecule has 1 aromatic rings. The van der Waals surface area contributed by atoms with Gasteiger partial charge in [0.25, 0.3) is 0 Å². The van der Waals surface area contributed by atoms with Crippen LogP contribution in [-0.4, -0.2) is 18.6 Å². The smallest absolute Gasteiger partial charge is 0.213 e. The summed E-state index contributed by atoms with van der Waals surface area (Å²) in [6, 6.07) is 7.40. The van der Waals surface area contributed by atoms with E-state index < -0.39 is 0 Å². The van der Waals surface area contributed by atoms with Crippen LogP contribution >= 0.6 is 0 Å². The number of nitrogens with one attached hydrogen (secondary N) is 1. The van der Waals surface area contributed by atoms with Crippen molar-refractivity contribution in [1.29, 1.82) is 5.41 Å². The van der Waals surface area contributed by atoms with Crippen LogP contribution in [0.25, 0.3) is 0 Å². The van der Waals surface area contributed by atoms with Gasteiger partial charge in [-0.25, -0.2) is 0 Å². The second-order valence-electron chi connectivity index (χ2n) is 3.46. The largest absolute Gasteiger partial charge is 0.491 e. The van der Waals surface area contributed by atoms with Crippen molar-refractivity contribution in [1.82, 2.24) is 0 Å². The van der Waals surface area contributed by atoms with Gasteiger partial charge < -0.3 is 9.47 Å². The molecule has 0 fully saturated rings. The quantitative estimate of drug-likeness (QED) is 0.609. The highest BCUT2D eigenvalue weighted by atomic mass is 16.5. The van der Waals surface area contributed by atoms with Gasteiger partial charge in [-0.05, 0) is 39.0 Å². The molecule has 0 unspecified atom stereocenters. The molecule has 3 heteroatoms. The minimum absolute atomic E-state index is 0.140. The molecule has 0 saturated heterocycles. The van der Waals surface area contributed by atoms with Crippen molar-refractivity contribution in [2.45, 2.75) is 26.9 Å². The Hall–Kier alpha value is -1.51. The van der Waals surface area contributed by atoms with Gasteiger partial charge in [-0.1, -0.05) is 6.07 Å². The molecule has 0 aromatic heterocycles. The Kier molecular flexibility index (Phi) is 4.16. The van der Waals surface area contributed by atoms with Crippen molar-refractivity contribution in [3.05, 3.63) is 29.8 Å². The fourth-order valence-electron chi connectivity index (χ4n) is 1.21. The van der Waals surface area contributed by atoms with Crippen LogP contribution in [0, 0.1) is 5.41 Å². The lowest BCUT2D eigenvalue weighted by Gasteiger charge is -2.11. The summed E-state index contributed by atoms with van der Waals surface area (Å²) in [6.07, 6.45) is 0.140. The molecule has 0 heterocycles. The van der Waals surface area contributed by atoms with Gasteiger partial charge in [-0.3, -0.25) is 5.41 Å². The van der Waals surface area contributed by atoms with E-state index in [2.05, 4.69) is 0 Å². The van der Waals surface area contributed by atoms with Gasteiger partial charge >= 0.3 is 0 Å². The van der Waals surface area contributed by atoms with Crippen LogP contribution in [-0.2, 0) is 4.74 Å². The second kappa shape index (κ2) is 5.39. The molecule has 15 heavy (non-hydrogen) atoms. The Labute approximate surface area is 90.5 Å². The van der Waals surface area contributed by atoms with E-state index in [-0.39, 0.29) is 12.0 Å². The van der Waals surface area contributed by atoms with Crippen molar-refractivity contribution >= 4 is 5.90 Å². The number of benzene rings is 1. The van der Waals surface area contributed by atoms with Gasteiger partial charge in [0.05, 0.1) is 12.7 Å². The normalized spacial score (nSPS) is 10.1. The maximum absolute atomic E-state index is 7.63. The molecule has 0 aliphatic heterocycles. The van der Waals surface area contributed by atoms with Gasteiger partial charge in [-0.2, -0.15) is 0 Å². The molecule has 1 N–H and O–H groups in total. The predicted octanol–water partition coefficient (Wildman–Crippen LogP) is 2.84. The van der Waals surface area contributed by atoms with E-state index in [1.165, 1.54) is 0 Å². The number of hydrogen-bond donors (Lipinski definition) is 1. The van der Waals surface area contributed by atoms with Crippen molar-refractivity contribution in [3.8, 4) is 5.75 Å². The van der Waals surface area contributed by atoms with Crippen molar-refractivity contribution in [2.75, 3.05) is 6.61 Å². The number of hydrogen-bond acceptors (Lipinski definition) is 3. The average Bonchev–Trinajstić information content (AvgIpc) is 2.17. The molecule has 82 valence electrons. The van der Waals surface area contributed by atoms with E-state index in [0.717, 1.165) is 11.3 Å². The molecule has 0 atom stereocenters. The van der Waals surface area contributed by atoms with E-state index in [1.54, 1.807) is 0 Å². The number of ether oxygens (including phenoxy) is 2. The van der Waals surface area contributed by atoms with Crippen LogP contribution in [0.5, 0.6) is 5.75 Å². The third-order valence-corrected chi connectivity index (χ3v) is 1.76. The fourth-order valence-corrected chi connectivity index (χ4v) is 1.21. The first-order chi connectivity index (χ1) is 7.13. The zero-order chi connectivity index (χ0) is 11.3. The summed E-state index contributed by atoms with van der Waals surface area (Å²) < 4.78 is 10.6. The molecular formula is C12H17NO2. The minimum atomic E-state index is 0.140. The lowest BCUT2D eigenvalue weighted by molar-refractivity contribution is 0.242. The van der Waals surface area contributed by atoms with E-state index in [0.29, 0.717) is 6.61 Å². The molecule has 0 spiro atoms. The maximum Gasteiger partial charge on any atom is 0.213 e. The van der Waals surface area contributed by atoms with Gasteiger partial charge in [0.2, 0.25) is 5.90 Å². The maximum atomic E-state index is 7.63. The van der Waals surface area contributed by atoms with E-state index in [4.69, 9.17) is 14.9 Å². The Morgan fingerprint density at radius 1 is 1.40 bits per heavy atom. The van der Waals surface area contributed by atoms with Crippen LogP contribution < -0.4 is 4.74 Å². The summed E-state index contributed by atoms with van der Waals surface area (Å²) in [7, 11) is 0. The molecular weight excluding hydrogens is 190 g/mol. The minimum Gasteiger partial charge on any atom is -0.491 e. The van der Waals surface area contributed by atoms with Crippen LogP contribution in [0.4, 0.5) is 0 Å². The summed E-state index contributed by atoms with van der Waals surface area (Å²) in [4.78, 5) is 0. The highest BCUT2D eigenvalue weighted by molar-refractivity contribution is 5.91. The van der Waals surface area contributed by atoms with Crippen molar-refractivity contribution < 1.29 is 9.47 Å². The van der Waals surface area contributed by atoms with Crippen molar-refractivity contribution in [3.63, 3.8) is 0 Å². The van der Waals surface area contributed by atoms with Crippen LogP contribution in [0.1, 0.15) is 26.3 Å². The SMILES string of the molecule is CCOC(=N)c1cccc(OC(C)C)c1. The third kappa shape index (κ3) is 3.62. The average molecular weight is 207 g/mol. The zero-order valence-corrected chi connectivity index (χ0v) is 9.41. The summed E-state index contributed by atoms with van der Waals surface area (Å²) in [5, 5.41) is 7.63. The molecule has 3 nitrogen and oxygen atoms in total. The van der Waals surface area contributed by atoms with Gasteiger partial charge in [0.1, 0.15) is 5.75 Å². The predicted molar refractivity (Wildman–Crippen MR) is 60.7 cm³/mol. The monoisotopic (exact) mass is 207 g/mol. The Bertz CT molecular complexity index is 334. The lowest BCUT2D eigenvalue weighted by Crippen LogP contribution is -2.08. The highest BCUT2D eigenvalue weighted by Crippen LogP contribution is 2.15. The third-order valence-electron chi connectivity index (χ3n) is 1.76. The Balaban J connectivity index is 2.78. The summed E-state index contributed by atoms with van der Waals surface area (Å²) in [6.45, 7) is 6.32. The van der Waals surface area contributed by atoms with Gasteiger partial charge in [-0.15, -0.1) is 0 Å². The number of rotatable bonds is 4. The molecule has 0 aliphatic carbocycles. The molecule has 0 amide bonds. The fraction of sp³-hybridized carbons (Fsp3) is 0.417. The molecule has 1 aromatic carbocycles. The molecule has 0 radical (unpaired) electrons. The molecule has 0 aliphatic rings. The standard InChI is InChI=1S/C12H17NO2/c1-4-14-12(13)10-6-5-7-11(8-10)15-9(2)3/h5-9,13H,4H2,1-3H3. The summed E-state index contributed by atoms with van der Waals surface area (Å²) >= 11 is 0. The van der Waals surface area contributed by atoms with Crippen LogP contribution in [0.3, 0.4) is 0 Å². The van der Waals surface area contributed by atoms with Crippen LogP contribution in [0.2, 0.25) is 0 Å². The Morgan fingerprint density at radius 2 is 2.13 bits per heavy atom. The van der Waals surface area contributed by atoms with Gasteiger partial charge in [0, 0.05) is 5.56 Å². The second-order valence-corrected chi connectivity index (χ2v) is 3.46. The topological polar surface area (TPSA) is 42.3 Å². The first-order valence-corrected chi connectivity index (χ1v) is 5.12. The van der Waals surface area contributed by atoms with Crippen molar-refractivity contribution in [2.24, 2.45) is 0 Å². The lowest BCUT2D eigenvalue weighted by atomic mass is 10.2. The van der Waals surface area contributed by atoms with E-state index >= 15 is 0 Å². The molecule has 0 saturated carbocycles. The first-order valence-electron chi connectivity index (χ1n) is 5.12. The summed E-state index contributed by atoms with van der Waals surface area (Å²) in [5.41, 5.74) is 0.745. The molecule has 0 bridgehead atoms. The van der Waals surface area contributed by atoms with E-state index in [9.17, 15) is 0 Å². The summed E-state index contributed by atoms with van der Waals surface area (Å²) in [5.74, 6) is 0.957. The molecule has 1 rings (SSSR count). The zero-order valence-electron chi connectivity index (χ0n) is 9.41. The van der Waals surface area contributed by atoms with Crippen LogP contribution in [0.15, 0.2) is 24.3 Å². The van der Waals surface area contributed by atoms with E-state index in [1.807, 2.05) is 45.0 Å². The first kappa shape index (κ1) is 11.6. The Morgan fingerprint density at radius 3 is 2.73 bits per heavy atom. The van der Waals surface area contributed by atoms with Gasteiger partial charge in [0.15, 0.2) is 0 Å². The highest BCUT2D eigenvalue weighted by Gasteiger charge is 2.04.